The SMILES string of the molecule is CC(=O)c1cccc(NC(=O)C(C)n2cnc3sc(C(=O)OCCc4ccccc4)c(C)c3c2=O)c1. The van der Waals surface area contributed by atoms with Gasteiger partial charge in [0, 0.05) is 17.7 Å². The molecule has 2 aromatic carbocycles. The smallest absolute Gasteiger partial charge is 0.348 e. The van der Waals surface area contributed by atoms with Gasteiger partial charge in [-0.1, -0.05) is 42.5 Å². The Morgan fingerprint density at radius 2 is 1.86 bits per heavy atom. The number of aromatic nitrogens is 2. The van der Waals surface area contributed by atoms with Gasteiger partial charge in [0.25, 0.3) is 5.56 Å². The van der Waals surface area contributed by atoms with Crippen molar-refractivity contribution in [1.29, 1.82) is 0 Å². The van der Waals surface area contributed by atoms with Crippen molar-refractivity contribution in [3.8, 4) is 0 Å². The van der Waals surface area contributed by atoms with E-state index in [1.807, 2.05) is 30.3 Å². The average Bonchev–Trinajstić information content (AvgIpc) is 3.21. The molecule has 9 heteroatoms. The van der Waals surface area contributed by atoms with Crippen molar-refractivity contribution < 1.29 is 19.1 Å². The van der Waals surface area contributed by atoms with Gasteiger partial charge < -0.3 is 10.1 Å². The van der Waals surface area contributed by atoms with Crippen molar-refractivity contribution in [2.75, 3.05) is 11.9 Å². The van der Waals surface area contributed by atoms with Gasteiger partial charge in [-0.2, -0.15) is 0 Å². The first-order valence-corrected chi connectivity index (χ1v) is 12.2. The van der Waals surface area contributed by atoms with E-state index in [1.165, 1.54) is 17.8 Å². The van der Waals surface area contributed by atoms with Crippen molar-refractivity contribution in [1.82, 2.24) is 9.55 Å². The van der Waals surface area contributed by atoms with Crippen LogP contribution in [0.15, 0.2) is 65.7 Å². The number of nitrogens with zero attached hydrogens (tertiary/aromatic N) is 2. The quantitative estimate of drug-likeness (QED) is 0.279. The van der Waals surface area contributed by atoms with E-state index in [4.69, 9.17) is 4.74 Å². The van der Waals surface area contributed by atoms with Crippen LogP contribution in [-0.2, 0) is 16.0 Å². The minimum Gasteiger partial charge on any atom is -0.461 e. The molecular formula is C27H25N3O5S. The highest BCUT2D eigenvalue weighted by Crippen LogP contribution is 2.28. The normalized spacial score (nSPS) is 11.8. The van der Waals surface area contributed by atoms with Crippen molar-refractivity contribution in [3.63, 3.8) is 0 Å². The monoisotopic (exact) mass is 503 g/mol. The third-order valence-electron chi connectivity index (χ3n) is 5.86. The molecule has 0 saturated heterocycles. The predicted octanol–water partition coefficient (Wildman–Crippen LogP) is 4.57. The van der Waals surface area contributed by atoms with Crippen LogP contribution < -0.4 is 10.9 Å². The molecule has 184 valence electrons. The van der Waals surface area contributed by atoms with E-state index in [-0.39, 0.29) is 17.8 Å². The maximum Gasteiger partial charge on any atom is 0.348 e. The molecule has 0 aliphatic carbocycles. The van der Waals surface area contributed by atoms with Crippen molar-refractivity contribution in [2.45, 2.75) is 33.2 Å². The van der Waals surface area contributed by atoms with Crippen molar-refractivity contribution >= 4 is 44.9 Å². The second kappa shape index (κ2) is 10.7. The number of Topliss-reactive ketones (excluding diaryl/α,β-unsaturated/α-hetero) is 1. The Kier molecular flexibility index (Phi) is 7.40. The minimum absolute atomic E-state index is 0.118. The number of ether oxygens (including phenoxy) is 1. The molecule has 0 bridgehead atoms. The minimum atomic E-state index is -0.879. The summed E-state index contributed by atoms with van der Waals surface area (Å²) >= 11 is 1.10. The molecule has 0 spiro atoms. The second-order valence-electron chi connectivity index (χ2n) is 8.37. The molecule has 8 nitrogen and oxygen atoms in total. The van der Waals surface area contributed by atoms with E-state index in [2.05, 4.69) is 10.3 Å². The van der Waals surface area contributed by atoms with Crippen LogP contribution >= 0.6 is 11.3 Å². The number of nitrogens with one attached hydrogen (secondary N) is 1. The van der Waals surface area contributed by atoms with E-state index in [9.17, 15) is 19.2 Å². The molecule has 0 radical (unpaired) electrons. The summed E-state index contributed by atoms with van der Waals surface area (Å²) in [4.78, 5) is 55.5. The van der Waals surface area contributed by atoms with Crippen molar-refractivity contribution in [3.05, 3.63) is 92.8 Å². The van der Waals surface area contributed by atoms with Crippen LogP contribution in [0.3, 0.4) is 0 Å². The Balaban J connectivity index is 1.52. The van der Waals surface area contributed by atoms with Gasteiger partial charge in [-0.25, -0.2) is 9.78 Å². The number of carbonyl (C=O) groups is 3. The molecule has 4 rings (SSSR count). The Bertz CT molecular complexity index is 1510. The van der Waals surface area contributed by atoms with Gasteiger partial charge in [0.05, 0.1) is 18.3 Å². The summed E-state index contributed by atoms with van der Waals surface area (Å²) in [6.07, 6.45) is 1.89. The molecule has 0 aliphatic heterocycles. The summed E-state index contributed by atoms with van der Waals surface area (Å²) in [5, 5.41) is 3.02. The van der Waals surface area contributed by atoms with Gasteiger partial charge in [-0.15, -0.1) is 11.3 Å². The van der Waals surface area contributed by atoms with Gasteiger partial charge in [-0.05, 0) is 44.0 Å². The Morgan fingerprint density at radius 1 is 1.11 bits per heavy atom. The van der Waals surface area contributed by atoms with Gasteiger partial charge in [0.1, 0.15) is 15.7 Å². The fourth-order valence-electron chi connectivity index (χ4n) is 3.77. The zero-order valence-electron chi connectivity index (χ0n) is 20.1. The van der Waals surface area contributed by atoms with Crippen LogP contribution in [0.1, 0.15) is 51.0 Å². The summed E-state index contributed by atoms with van der Waals surface area (Å²) in [5.74, 6) is -1.06. The highest BCUT2D eigenvalue weighted by molar-refractivity contribution is 7.20. The number of carbonyl (C=O) groups excluding carboxylic acids is 3. The molecule has 4 aromatic rings. The molecule has 1 unspecified atom stereocenters. The largest absolute Gasteiger partial charge is 0.461 e. The van der Waals surface area contributed by atoms with Crippen molar-refractivity contribution in [2.24, 2.45) is 0 Å². The standard InChI is InChI=1S/C27H25N3O5S/c1-16-22-25(36-23(16)27(34)35-13-12-19-8-5-4-6-9-19)28-15-30(26(22)33)17(2)24(32)29-21-11-7-10-20(14-21)18(3)31/h4-11,14-15,17H,12-13H2,1-3H3,(H,29,32). The summed E-state index contributed by atoms with van der Waals surface area (Å²) in [6.45, 7) is 4.92. The van der Waals surface area contributed by atoms with Gasteiger partial charge in [0.15, 0.2) is 5.78 Å². The number of aryl methyl sites for hydroxylation is 1. The molecule has 1 atom stereocenters. The number of esters is 1. The fourth-order valence-corrected chi connectivity index (χ4v) is 4.80. The van der Waals surface area contributed by atoms with E-state index >= 15 is 0 Å². The second-order valence-corrected chi connectivity index (χ2v) is 9.37. The predicted molar refractivity (Wildman–Crippen MR) is 139 cm³/mol. The first-order valence-electron chi connectivity index (χ1n) is 11.4. The molecule has 2 aromatic heterocycles. The lowest BCUT2D eigenvalue weighted by Crippen LogP contribution is -2.31. The molecule has 0 fully saturated rings. The number of hydrogen-bond acceptors (Lipinski definition) is 7. The number of fused-ring (bicyclic) bond motifs is 1. The maximum atomic E-state index is 13.3. The Hall–Kier alpha value is -4.11. The van der Waals surface area contributed by atoms with Crippen LogP contribution in [0.4, 0.5) is 5.69 Å². The van der Waals surface area contributed by atoms with Crippen LogP contribution in [0.5, 0.6) is 0 Å². The molecule has 2 heterocycles. The fraction of sp³-hybridized carbons (Fsp3) is 0.222. The van der Waals surface area contributed by atoms with Crippen LogP contribution in [0.2, 0.25) is 0 Å². The number of hydrogen-bond donors (Lipinski definition) is 1. The van der Waals surface area contributed by atoms with Crippen LogP contribution in [-0.4, -0.2) is 33.8 Å². The lowest BCUT2D eigenvalue weighted by molar-refractivity contribution is -0.118. The van der Waals surface area contributed by atoms with Gasteiger partial charge in [0.2, 0.25) is 5.91 Å². The molecule has 36 heavy (non-hydrogen) atoms. The Labute approximate surface area is 211 Å². The number of ketones is 1. The number of amides is 1. The zero-order chi connectivity index (χ0) is 25.8. The summed E-state index contributed by atoms with van der Waals surface area (Å²) < 4.78 is 6.67. The lowest BCUT2D eigenvalue weighted by atomic mass is 10.1. The third kappa shape index (κ3) is 5.26. The van der Waals surface area contributed by atoms with Crippen LogP contribution in [0, 0.1) is 6.92 Å². The first kappa shape index (κ1) is 25.0. The summed E-state index contributed by atoms with van der Waals surface area (Å²) in [6, 6.07) is 15.4. The van der Waals surface area contributed by atoms with Gasteiger partial charge >= 0.3 is 5.97 Å². The Morgan fingerprint density at radius 3 is 2.58 bits per heavy atom. The average molecular weight is 504 g/mol. The highest BCUT2D eigenvalue weighted by Gasteiger charge is 2.23. The van der Waals surface area contributed by atoms with Gasteiger partial charge in [-0.3, -0.25) is 19.0 Å². The van der Waals surface area contributed by atoms with E-state index < -0.39 is 23.5 Å². The zero-order valence-corrected chi connectivity index (χ0v) is 20.9. The van der Waals surface area contributed by atoms with Crippen LogP contribution in [0.25, 0.3) is 10.2 Å². The molecule has 1 N–H and O–H groups in total. The molecular weight excluding hydrogens is 478 g/mol. The van der Waals surface area contributed by atoms with E-state index in [1.54, 1.807) is 38.1 Å². The number of benzene rings is 2. The number of rotatable bonds is 8. The summed E-state index contributed by atoms with van der Waals surface area (Å²) in [5.41, 5.74) is 2.04. The topological polar surface area (TPSA) is 107 Å². The van der Waals surface area contributed by atoms with E-state index in [0.717, 1.165) is 16.9 Å². The molecule has 0 aliphatic rings. The first-order chi connectivity index (χ1) is 17.3. The maximum absolute atomic E-state index is 13.3. The summed E-state index contributed by atoms with van der Waals surface area (Å²) in [7, 11) is 0. The number of thiophene rings is 1. The lowest BCUT2D eigenvalue weighted by Gasteiger charge is -2.15. The number of anilines is 1. The molecule has 0 saturated carbocycles. The third-order valence-corrected chi connectivity index (χ3v) is 7.04. The molecule has 1 amide bonds. The highest BCUT2D eigenvalue weighted by atomic mass is 32.1. The van der Waals surface area contributed by atoms with E-state index in [0.29, 0.717) is 32.9 Å².